The van der Waals surface area contributed by atoms with Crippen LogP contribution in [0.1, 0.15) is 0 Å². The van der Waals surface area contributed by atoms with Crippen LogP contribution in [0, 0.1) is 0 Å². The van der Waals surface area contributed by atoms with Crippen LogP contribution in [0.2, 0.25) is 0 Å². The first-order valence-electron chi connectivity index (χ1n) is 3.99. The average Bonchev–Trinajstić information content (AvgIpc) is 2.51. The van der Waals surface area contributed by atoms with E-state index in [0.29, 0.717) is 0 Å². The van der Waals surface area contributed by atoms with Crippen LogP contribution in [-0.2, 0) is 14.1 Å². The minimum Gasteiger partial charge on any atom is -0.329 e. The maximum Gasteiger partial charge on any atom is 0.176 e. The van der Waals surface area contributed by atoms with Crippen molar-refractivity contribution in [2.75, 3.05) is 7.05 Å². The van der Waals surface area contributed by atoms with Crippen LogP contribution in [0.3, 0.4) is 0 Å². The molecule has 2 heterocycles. The molecule has 0 saturated heterocycles. The Morgan fingerprint density at radius 2 is 1.85 bits per heavy atom. The molecule has 0 N–H and O–H groups in total. The molecular weight excluding hydrogens is 166 g/mol. The van der Waals surface area contributed by atoms with E-state index in [4.69, 9.17) is 0 Å². The molecule has 0 amide bonds. The van der Waals surface area contributed by atoms with Gasteiger partial charge in [-0.15, -0.1) is 0 Å². The van der Waals surface area contributed by atoms with E-state index in [2.05, 4.69) is 15.0 Å². The van der Waals surface area contributed by atoms with Crippen LogP contribution in [0.15, 0.2) is 17.6 Å². The number of fused-ring (bicyclic) bond motifs is 1. The second-order valence-corrected chi connectivity index (χ2v) is 2.93. The number of imidazole rings is 1. The number of aryl methyl sites for hydroxylation is 2. The lowest BCUT2D eigenvalue weighted by Crippen LogP contribution is -2.14. The molecule has 2 rings (SSSR count). The Morgan fingerprint density at radius 3 is 2.54 bits per heavy atom. The maximum atomic E-state index is 4.25. The average molecular weight is 177 g/mol. The molecule has 0 unspecified atom stereocenters. The highest BCUT2D eigenvalue weighted by atomic mass is 15.1. The largest absolute Gasteiger partial charge is 0.329 e. The first-order valence-corrected chi connectivity index (χ1v) is 3.99. The van der Waals surface area contributed by atoms with E-state index in [0.717, 1.165) is 16.7 Å². The van der Waals surface area contributed by atoms with E-state index >= 15 is 0 Å². The van der Waals surface area contributed by atoms with E-state index in [9.17, 15) is 0 Å². The first kappa shape index (κ1) is 7.97. The monoisotopic (exact) mass is 177 g/mol. The van der Waals surface area contributed by atoms with Gasteiger partial charge in [0.05, 0.1) is 12.7 Å². The van der Waals surface area contributed by atoms with Gasteiger partial charge >= 0.3 is 0 Å². The van der Waals surface area contributed by atoms with Crippen molar-refractivity contribution >= 4 is 11.2 Å². The Kier molecular flexibility index (Phi) is 1.65. The van der Waals surface area contributed by atoms with Crippen LogP contribution in [0.5, 0.6) is 0 Å². The zero-order valence-electron chi connectivity index (χ0n) is 7.89. The summed E-state index contributed by atoms with van der Waals surface area (Å²) < 4.78 is 3.80. The molecule has 0 spiro atoms. The molecular formula is C8H11N5. The van der Waals surface area contributed by atoms with Gasteiger partial charge in [-0.25, -0.2) is 9.97 Å². The summed E-state index contributed by atoms with van der Waals surface area (Å²) in [6.45, 7) is 0. The molecule has 0 aliphatic carbocycles. The van der Waals surface area contributed by atoms with Crippen molar-refractivity contribution in [1.82, 2.24) is 19.1 Å². The molecule has 0 bridgehead atoms. The summed E-state index contributed by atoms with van der Waals surface area (Å²) in [5.74, 6) is 0. The Morgan fingerprint density at radius 1 is 1.15 bits per heavy atom. The molecule has 5 nitrogen and oxygen atoms in total. The molecule has 5 heteroatoms. The van der Waals surface area contributed by atoms with Gasteiger partial charge in [-0.1, -0.05) is 0 Å². The SMILES string of the molecule is CN=c1ncn(C)c2ncn(C)c12. The molecule has 2 aromatic heterocycles. The van der Waals surface area contributed by atoms with Crippen molar-refractivity contribution in [2.45, 2.75) is 0 Å². The Hall–Kier alpha value is -1.65. The summed E-state index contributed by atoms with van der Waals surface area (Å²) in [5, 5.41) is 0. The molecule has 0 atom stereocenters. The molecule has 0 radical (unpaired) electrons. The van der Waals surface area contributed by atoms with Gasteiger partial charge in [-0.2, -0.15) is 0 Å². The molecule has 0 aliphatic heterocycles. The van der Waals surface area contributed by atoms with E-state index in [1.54, 1.807) is 19.7 Å². The number of rotatable bonds is 0. The van der Waals surface area contributed by atoms with Gasteiger partial charge < -0.3 is 9.13 Å². The van der Waals surface area contributed by atoms with E-state index in [-0.39, 0.29) is 0 Å². The van der Waals surface area contributed by atoms with Gasteiger partial charge in [-0.05, 0) is 0 Å². The Bertz CT molecular complexity index is 505. The first-order chi connectivity index (χ1) is 6.24. The fraction of sp³-hybridized carbons (Fsp3) is 0.375. The fourth-order valence-corrected chi connectivity index (χ4v) is 1.35. The van der Waals surface area contributed by atoms with Crippen molar-refractivity contribution in [3.63, 3.8) is 0 Å². The molecule has 2 aromatic rings. The predicted molar refractivity (Wildman–Crippen MR) is 49.0 cm³/mol. The molecule has 0 aliphatic rings. The lowest BCUT2D eigenvalue weighted by Gasteiger charge is -1.99. The van der Waals surface area contributed by atoms with Gasteiger partial charge in [0.15, 0.2) is 11.1 Å². The van der Waals surface area contributed by atoms with Crippen molar-refractivity contribution in [2.24, 2.45) is 19.1 Å². The molecule has 68 valence electrons. The summed E-state index contributed by atoms with van der Waals surface area (Å²) in [6, 6.07) is 0. The Balaban J connectivity index is 3.06. The molecule has 0 aromatic carbocycles. The van der Waals surface area contributed by atoms with Gasteiger partial charge in [0.2, 0.25) is 0 Å². The standard InChI is InChI=1S/C8H11N5/c1-9-7-6-8(11-5-12(6)2)13(3)4-10-7/h4-5H,1-3H3. The molecule has 13 heavy (non-hydrogen) atoms. The van der Waals surface area contributed by atoms with Crippen LogP contribution < -0.4 is 5.49 Å². The normalized spacial score (nSPS) is 12.7. The predicted octanol–water partition coefficient (Wildman–Crippen LogP) is -0.163. The minimum absolute atomic E-state index is 0.730. The van der Waals surface area contributed by atoms with E-state index in [1.807, 2.05) is 23.2 Å². The number of hydrogen-bond acceptors (Lipinski definition) is 3. The third-order valence-corrected chi connectivity index (χ3v) is 2.03. The van der Waals surface area contributed by atoms with Crippen molar-refractivity contribution in [3.8, 4) is 0 Å². The lowest BCUT2D eigenvalue weighted by atomic mass is 10.5. The highest BCUT2D eigenvalue weighted by Crippen LogP contribution is 2.02. The minimum atomic E-state index is 0.730. The van der Waals surface area contributed by atoms with Crippen LogP contribution in [0.4, 0.5) is 0 Å². The summed E-state index contributed by atoms with van der Waals surface area (Å²) in [6.07, 6.45) is 3.48. The second kappa shape index (κ2) is 2.69. The highest BCUT2D eigenvalue weighted by molar-refractivity contribution is 5.69. The third kappa shape index (κ3) is 1.04. The number of nitrogens with zero attached hydrogens (tertiary/aromatic N) is 5. The summed E-state index contributed by atoms with van der Waals surface area (Å²) >= 11 is 0. The van der Waals surface area contributed by atoms with Crippen molar-refractivity contribution in [1.29, 1.82) is 0 Å². The number of hydrogen-bond donors (Lipinski definition) is 0. The van der Waals surface area contributed by atoms with Gasteiger partial charge in [0.1, 0.15) is 5.52 Å². The maximum absolute atomic E-state index is 4.25. The zero-order valence-corrected chi connectivity index (χ0v) is 7.89. The smallest absolute Gasteiger partial charge is 0.176 e. The molecule has 0 saturated carbocycles. The van der Waals surface area contributed by atoms with Gasteiger partial charge in [-0.3, -0.25) is 4.99 Å². The van der Waals surface area contributed by atoms with Gasteiger partial charge in [0.25, 0.3) is 0 Å². The van der Waals surface area contributed by atoms with Crippen LogP contribution in [0.25, 0.3) is 11.2 Å². The lowest BCUT2D eigenvalue weighted by molar-refractivity contribution is 0.871. The highest BCUT2D eigenvalue weighted by Gasteiger charge is 2.04. The van der Waals surface area contributed by atoms with Crippen molar-refractivity contribution in [3.05, 3.63) is 18.1 Å². The third-order valence-electron chi connectivity index (χ3n) is 2.03. The summed E-state index contributed by atoms with van der Waals surface area (Å²) in [5.41, 5.74) is 2.60. The zero-order chi connectivity index (χ0) is 9.42. The quantitative estimate of drug-likeness (QED) is 0.561. The second-order valence-electron chi connectivity index (χ2n) is 2.93. The van der Waals surface area contributed by atoms with Crippen molar-refractivity contribution < 1.29 is 0 Å². The van der Waals surface area contributed by atoms with Crippen LogP contribution >= 0.6 is 0 Å². The van der Waals surface area contributed by atoms with Gasteiger partial charge in [0, 0.05) is 21.1 Å². The number of aromatic nitrogens is 4. The van der Waals surface area contributed by atoms with Crippen LogP contribution in [-0.4, -0.2) is 26.1 Å². The summed E-state index contributed by atoms with van der Waals surface area (Å²) in [4.78, 5) is 12.5. The summed E-state index contributed by atoms with van der Waals surface area (Å²) in [7, 11) is 5.59. The van der Waals surface area contributed by atoms with E-state index in [1.165, 1.54) is 0 Å². The topological polar surface area (TPSA) is 48.0 Å². The molecule has 0 fully saturated rings. The Labute approximate surface area is 75.4 Å². The fourth-order valence-electron chi connectivity index (χ4n) is 1.35. The van der Waals surface area contributed by atoms with E-state index < -0.39 is 0 Å².